The molecule has 1 aromatic heterocycles. The van der Waals surface area contributed by atoms with E-state index in [-0.39, 0.29) is 16.8 Å². The molecule has 1 aromatic rings. The van der Waals surface area contributed by atoms with Crippen LogP contribution in [0.15, 0.2) is 12.3 Å². The molecular weight excluding hydrogens is 249 g/mol. The van der Waals surface area contributed by atoms with E-state index in [0.29, 0.717) is 13.2 Å². The van der Waals surface area contributed by atoms with E-state index in [1.54, 1.807) is 7.11 Å². The van der Waals surface area contributed by atoms with Gasteiger partial charge in [-0.2, -0.15) is 0 Å². The minimum atomic E-state index is -0.762. The fraction of sp³-hybridized carbons (Fsp3) is 0.538. The number of nitrogens with two attached hydrogens (primary N) is 1. The second kappa shape index (κ2) is 5.52. The van der Waals surface area contributed by atoms with Crippen LogP contribution in [-0.4, -0.2) is 31.2 Å². The summed E-state index contributed by atoms with van der Waals surface area (Å²) in [5.74, 6) is -1.47. The average molecular weight is 267 g/mol. The molecule has 1 saturated carbocycles. The molecule has 0 spiro atoms. The predicted molar refractivity (Wildman–Crippen MR) is 69.1 cm³/mol. The van der Waals surface area contributed by atoms with Gasteiger partial charge in [0, 0.05) is 26.5 Å². The molecule has 0 atom stereocenters. The molecule has 2 rings (SSSR count). The van der Waals surface area contributed by atoms with Gasteiger partial charge in [-0.15, -0.1) is 0 Å². The van der Waals surface area contributed by atoms with E-state index in [1.165, 1.54) is 12.3 Å². The highest BCUT2D eigenvalue weighted by molar-refractivity contribution is 5.95. The lowest BCUT2D eigenvalue weighted by Gasteiger charge is -2.15. The third kappa shape index (κ3) is 3.20. The van der Waals surface area contributed by atoms with Gasteiger partial charge in [0.15, 0.2) is 11.6 Å². The molecule has 1 amide bonds. The molecule has 0 bridgehead atoms. The van der Waals surface area contributed by atoms with E-state index in [0.717, 1.165) is 19.3 Å². The molecule has 3 N–H and O–H groups in total. The van der Waals surface area contributed by atoms with E-state index < -0.39 is 11.7 Å². The number of amides is 1. The molecule has 6 heteroatoms. The average Bonchev–Trinajstić information content (AvgIpc) is 3.17. The Morgan fingerprint density at radius 1 is 1.63 bits per heavy atom. The number of anilines is 1. The van der Waals surface area contributed by atoms with Crippen LogP contribution in [0.25, 0.3) is 0 Å². The molecule has 0 aliphatic heterocycles. The van der Waals surface area contributed by atoms with Crippen molar-refractivity contribution in [3.63, 3.8) is 0 Å². The van der Waals surface area contributed by atoms with Crippen LogP contribution in [0.3, 0.4) is 0 Å². The highest BCUT2D eigenvalue weighted by Gasteiger charge is 2.42. The van der Waals surface area contributed by atoms with Crippen LogP contribution in [0.5, 0.6) is 0 Å². The molecule has 1 fully saturated rings. The highest BCUT2D eigenvalue weighted by Crippen LogP contribution is 2.48. The number of rotatable bonds is 6. The summed E-state index contributed by atoms with van der Waals surface area (Å²) in [4.78, 5) is 15.5. The highest BCUT2D eigenvalue weighted by atomic mass is 19.1. The fourth-order valence-electron chi connectivity index (χ4n) is 2.01. The largest absolute Gasteiger partial charge is 0.385 e. The number of carbonyl (C=O) groups is 1. The van der Waals surface area contributed by atoms with Crippen molar-refractivity contribution in [1.29, 1.82) is 0 Å². The van der Waals surface area contributed by atoms with Crippen molar-refractivity contribution < 1.29 is 13.9 Å². The smallest absolute Gasteiger partial charge is 0.254 e. The van der Waals surface area contributed by atoms with Crippen molar-refractivity contribution in [3.05, 3.63) is 23.6 Å². The summed E-state index contributed by atoms with van der Waals surface area (Å²) in [6.45, 7) is 1.21. The first kappa shape index (κ1) is 13.7. The number of nitrogen functional groups attached to an aromatic ring is 1. The Balaban J connectivity index is 1.93. The van der Waals surface area contributed by atoms with Crippen LogP contribution in [0.2, 0.25) is 0 Å². The normalized spacial score (nSPS) is 16.1. The van der Waals surface area contributed by atoms with E-state index in [4.69, 9.17) is 10.5 Å². The number of nitrogens with one attached hydrogen (secondary N) is 1. The zero-order valence-electron chi connectivity index (χ0n) is 10.9. The van der Waals surface area contributed by atoms with Gasteiger partial charge in [-0.3, -0.25) is 4.79 Å². The molecule has 104 valence electrons. The first-order chi connectivity index (χ1) is 9.08. The SMILES string of the molecule is COCCC1(CNC(=O)c2ccnc(N)c2F)CC1. The van der Waals surface area contributed by atoms with Gasteiger partial charge >= 0.3 is 0 Å². The van der Waals surface area contributed by atoms with Gasteiger partial charge in [-0.05, 0) is 30.7 Å². The summed E-state index contributed by atoms with van der Waals surface area (Å²) in [5, 5.41) is 2.76. The summed E-state index contributed by atoms with van der Waals surface area (Å²) in [5.41, 5.74) is 5.40. The lowest BCUT2D eigenvalue weighted by Crippen LogP contribution is -2.31. The minimum Gasteiger partial charge on any atom is -0.385 e. The molecule has 1 aliphatic rings. The van der Waals surface area contributed by atoms with Crippen LogP contribution in [0.1, 0.15) is 29.6 Å². The number of nitrogens with zero attached hydrogens (tertiary/aromatic N) is 1. The van der Waals surface area contributed by atoms with E-state index >= 15 is 0 Å². The van der Waals surface area contributed by atoms with Crippen LogP contribution < -0.4 is 11.1 Å². The topological polar surface area (TPSA) is 77.2 Å². The molecule has 1 aliphatic carbocycles. The summed E-state index contributed by atoms with van der Waals surface area (Å²) >= 11 is 0. The van der Waals surface area contributed by atoms with Gasteiger partial charge < -0.3 is 15.8 Å². The van der Waals surface area contributed by atoms with Crippen LogP contribution in [0.4, 0.5) is 10.2 Å². The Kier molecular flexibility index (Phi) is 3.99. The molecule has 5 nitrogen and oxygen atoms in total. The molecule has 19 heavy (non-hydrogen) atoms. The number of ether oxygens (including phenoxy) is 1. The van der Waals surface area contributed by atoms with Gasteiger partial charge in [0.05, 0.1) is 5.56 Å². The van der Waals surface area contributed by atoms with Gasteiger partial charge in [0.25, 0.3) is 5.91 Å². The van der Waals surface area contributed by atoms with Crippen molar-refractivity contribution in [2.75, 3.05) is 26.0 Å². The first-order valence-corrected chi connectivity index (χ1v) is 6.25. The van der Waals surface area contributed by atoms with Gasteiger partial charge in [-0.1, -0.05) is 0 Å². The number of carbonyl (C=O) groups excluding carboxylic acids is 1. The molecule has 1 heterocycles. The molecule has 0 radical (unpaired) electrons. The van der Waals surface area contributed by atoms with Gasteiger partial charge in [0.2, 0.25) is 0 Å². The Morgan fingerprint density at radius 2 is 2.37 bits per heavy atom. The molecular formula is C13H18FN3O2. The standard InChI is InChI=1S/C13H18FN3O2/c1-19-7-5-13(3-4-13)8-17-12(18)9-2-6-16-11(15)10(9)14/h2,6H,3-5,7-8H2,1H3,(H2,15,16)(H,17,18). The Hall–Kier alpha value is -1.69. The predicted octanol–water partition coefficient (Wildman–Crippen LogP) is 1.35. The Labute approximate surface area is 111 Å². The van der Waals surface area contributed by atoms with Gasteiger partial charge in [-0.25, -0.2) is 9.37 Å². The maximum absolute atomic E-state index is 13.6. The zero-order chi connectivity index (χ0) is 13.9. The second-order valence-corrected chi connectivity index (χ2v) is 4.98. The van der Waals surface area contributed by atoms with Crippen molar-refractivity contribution in [3.8, 4) is 0 Å². The van der Waals surface area contributed by atoms with Crippen LogP contribution in [-0.2, 0) is 4.74 Å². The van der Waals surface area contributed by atoms with Gasteiger partial charge in [0.1, 0.15) is 0 Å². The zero-order valence-corrected chi connectivity index (χ0v) is 10.9. The lowest BCUT2D eigenvalue weighted by atomic mass is 10.0. The second-order valence-electron chi connectivity index (χ2n) is 4.98. The maximum atomic E-state index is 13.6. The van der Waals surface area contributed by atoms with Crippen molar-refractivity contribution in [2.45, 2.75) is 19.3 Å². The number of methoxy groups -OCH3 is 1. The molecule has 0 unspecified atom stereocenters. The van der Waals surface area contributed by atoms with E-state index in [2.05, 4.69) is 10.3 Å². The quantitative estimate of drug-likeness (QED) is 0.815. The van der Waals surface area contributed by atoms with Crippen molar-refractivity contribution >= 4 is 11.7 Å². The summed E-state index contributed by atoms with van der Waals surface area (Å²) < 4.78 is 18.7. The lowest BCUT2D eigenvalue weighted by molar-refractivity contribution is 0.0934. The molecule has 0 saturated heterocycles. The summed E-state index contributed by atoms with van der Waals surface area (Å²) in [6, 6.07) is 1.33. The summed E-state index contributed by atoms with van der Waals surface area (Å²) in [6.07, 6.45) is 4.37. The third-order valence-electron chi connectivity index (χ3n) is 3.58. The van der Waals surface area contributed by atoms with Crippen LogP contribution in [0, 0.1) is 11.2 Å². The summed E-state index contributed by atoms with van der Waals surface area (Å²) in [7, 11) is 1.66. The Bertz CT molecular complexity index is 475. The van der Waals surface area contributed by atoms with Crippen molar-refractivity contribution in [2.24, 2.45) is 5.41 Å². The van der Waals surface area contributed by atoms with E-state index in [1.807, 2.05) is 0 Å². The van der Waals surface area contributed by atoms with E-state index in [9.17, 15) is 9.18 Å². The maximum Gasteiger partial charge on any atom is 0.254 e. The van der Waals surface area contributed by atoms with Crippen LogP contribution >= 0.6 is 0 Å². The molecule has 0 aromatic carbocycles. The Morgan fingerprint density at radius 3 is 3.00 bits per heavy atom. The van der Waals surface area contributed by atoms with Crippen molar-refractivity contribution in [1.82, 2.24) is 10.3 Å². The third-order valence-corrected chi connectivity index (χ3v) is 3.58. The monoisotopic (exact) mass is 267 g/mol. The number of pyridine rings is 1. The number of hydrogen-bond donors (Lipinski definition) is 2. The first-order valence-electron chi connectivity index (χ1n) is 6.25. The number of aromatic nitrogens is 1. The minimum absolute atomic E-state index is 0.0601. The number of halogens is 1. The number of hydrogen-bond acceptors (Lipinski definition) is 4. The fourth-order valence-corrected chi connectivity index (χ4v) is 2.01.